The monoisotopic (exact) mass is 308 g/mol. The van der Waals surface area contributed by atoms with Crippen LogP contribution in [-0.2, 0) is 0 Å². The van der Waals surface area contributed by atoms with Crippen LogP contribution >= 0.6 is 0 Å². The lowest BCUT2D eigenvalue weighted by Gasteiger charge is -2.15. The number of aryl methyl sites for hydroxylation is 1. The zero-order valence-electron chi connectivity index (χ0n) is 14.1. The van der Waals surface area contributed by atoms with Crippen LogP contribution in [0.3, 0.4) is 0 Å². The summed E-state index contributed by atoms with van der Waals surface area (Å²) in [5, 5.41) is 9.42. The maximum absolute atomic E-state index is 9.42. The molecule has 0 N–H and O–H groups in total. The number of benzene rings is 2. The van der Waals surface area contributed by atoms with E-state index in [0.717, 1.165) is 35.4 Å². The second kappa shape index (κ2) is 8.24. The molecular weight excluding hydrogens is 284 g/mol. The van der Waals surface area contributed by atoms with Crippen LogP contribution in [0.5, 0.6) is 5.75 Å². The first-order chi connectivity index (χ1) is 11.1. The fraction of sp³-hybridized carbons (Fsp3) is 0.350. The molecule has 0 saturated carbocycles. The first kappa shape index (κ1) is 16.9. The third-order valence-electron chi connectivity index (χ3n) is 3.96. The Morgan fingerprint density at radius 1 is 1.09 bits per heavy atom. The molecule has 23 heavy (non-hydrogen) atoms. The van der Waals surface area contributed by atoms with Gasteiger partial charge >= 0.3 is 0 Å². The van der Waals surface area contributed by atoms with Gasteiger partial charge in [-0.15, -0.1) is 0 Å². The van der Waals surface area contributed by atoms with E-state index in [-0.39, 0.29) is 5.92 Å². The largest absolute Gasteiger partial charge is 0.493 e. The van der Waals surface area contributed by atoms with E-state index in [2.05, 4.69) is 23.1 Å². The highest BCUT2D eigenvalue weighted by atomic mass is 16.5. The number of hydrogen-bond acceptors (Lipinski definition) is 3. The lowest BCUT2D eigenvalue weighted by Crippen LogP contribution is -2.08. The number of ether oxygens (including phenoxy) is 1. The molecule has 3 heteroatoms. The van der Waals surface area contributed by atoms with Crippen LogP contribution in [0.1, 0.15) is 29.9 Å². The minimum Gasteiger partial charge on any atom is -0.493 e. The Bertz CT molecular complexity index is 656. The van der Waals surface area contributed by atoms with Gasteiger partial charge in [-0.3, -0.25) is 0 Å². The maximum Gasteiger partial charge on any atom is 0.122 e. The van der Waals surface area contributed by atoms with Gasteiger partial charge in [-0.05, 0) is 49.1 Å². The summed E-state index contributed by atoms with van der Waals surface area (Å²) in [6.07, 6.45) is 1.67. The van der Waals surface area contributed by atoms with Gasteiger partial charge in [-0.1, -0.05) is 30.3 Å². The van der Waals surface area contributed by atoms with Gasteiger partial charge < -0.3 is 9.64 Å². The SMILES string of the molecule is Cc1ccccc1OCCCC(C#N)c1ccc(N(C)C)cc1. The Morgan fingerprint density at radius 3 is 2.39 bits per heavy atom. The fourth-order valence-electron chi connectivity index (χ4n) is 2.50. The van der Waals surface area contributed by atoms with Gasteiger partial charge in [0.1, 0.15) is 5.75 Å². The molecule has 0 aliphatic heterocycles. The number of anilines is 1. The predicted octanol–water partition coefficient (Wildman–Crippen LogP) is 4.53. The summed E-state index contributed by atoms with van der Waals surface area (Å²) in [4.78, 5) is 2.06. The van der Waals surface area contributed by atoms with Crippen molar-refractivity contribution in [2.45, 2.75) is 25.7 Å². The lowest BCUT2D eigenvalue weighted by molar-refractivity contribution is 0.303. The standard InChI is InChI=1S/C20H24N2O/c1-16-7-4-5-9-20(16)23-14-6-8-18(15-21)17-10-12-19(13-11-17)22(2)3/h4-5,7,9-13,18H,6,8,14H2,1-3H3. The van der Waals surface area contributed by atoms with Crippen molar-refractivity contribution in [3.63, 3.8) is 0 Å². The van der Waals surface area contributed by atoms with E-state index in [4.69, 9.17) is 4.74 Å². The van der Waals surface area contributed by atoms with Crippen molar-refractivity contribution in [3.8, 4) is 11.8 Å². The summed E-state index contributed by atoms with van der Waals surface area (Å²) in [7, 11) is 4.03. The van der Waals surface area contributed by atoms with Crippen molar-refractivity contribution in [3.05, 3.63) is 59.7 Å². The molecule has 0 bridgehead atoms. The van der Waals surface area contributed by atoms with Gasteiger partial charge in [0.15, 0.2) is 0 Å². The Hall–Kier alpha value is -2.47. The Kier molecular flexibility index (Phi) is 6.05. The van der Waals surface area contributed by atoms with Crippen LogP contribution in [0.4, 0.5) is 5.69 Å². The average molecular weight is 308 g/mol. The van der Waals surface area contributed by atoms with Crippen molar-refractivity contribution >= 4 is 5.69 Å². The molecule has 0 heterocycles. The number of nitrogens with zero attached hydrogens (tertiary/aromatic N) is 2. The van der Waals surface area contributed by atoms with Crippen LogP contribution < -0.4 is 9.64 Å². The quantitative estimate of drug-likeness (QED) is 0.705. The molecule has 2 rings (SSSR count). The second-order valence-corrected chi connectivity index (χ2v) is 5.92. The summed E-state index contributed by atoms with van der Waals surface area (Å²) in [5.41, 5.74) is 3.37. The summed E-state index contributed by atoms with van der Waals surface area (Å²) in [5.74, 6) is 0.850. The number of para-hydroxylation sites is 1. The molecule has 0 fully saturated rings. The van der Waals surface area contributed by atoms with E-state index < -0.39 is 0 Å². The van der Waals surface area contributed by atoms with Crippen molar-refractivity contribution in [2.24, 2.45) is 0 Å². The van der Waals surface area contributed by atoms with Crippen LogP contribution in [-0.4, -0.2) is 20.7 Å². The van der Waals surface area contributed by atoms with Crippen LogP contribution in [0, 0.1) is 18.3 Å². The molecule has 0 spiro atoms. The molecule has 120 valence electrons. The van der Waals surface area contributed by atoms with Gasteiger partial charge in [-0.2, -0.15) is 5.26 Å². The van der Waals surface area contributed by atoms with E-state index in [9.17, 15) is 5.26 Å². The molecule has 0 aliphatic carbocycles. The van der Waals surface area contributed by atoms with Crippen LogP contribution in [0.25, 0.3) is 0 Å². The summed E-state index contributed by atoms with van der Waals surface area (Å²) >= 11 is 0. The smallest absolute Gasteiger partial charge is 0.122 e. The minimum atomic E-state index is -0.0771. The minimum absolute atomic E-state index is 0.0771. The van der Waals surface area contributed by atoms with Crippen molar-refractivity contribution < 1.29 is 4.74 Å². The molecular formula is C20H24N2O. The Balaban J connectivity index is 1.85. The third kappa shape index (κ3) is 4.75. The van der Waals surface area contributed by atoms with Crippen LogP contribution in [0.15, 0.2) is 48.5 Å². The normalized spacial score (nSPS) is 11.6. The Labute approximate surface area is 139 Å². The number of hydrogen-bond donors (Lipinski definition) is 0. The van der Waals surface area contributed by atoms with Gasteiger partial charge in [0.25, 0.3) is 0 Å². The lowest BCUT2D eigenvalue weighted by atomic mass is 9.95. The highest BCUT2D eigenvalue weighted by Crippen LogP contribution is 2.24. The maximum atomic E-state index is 9.42. The van der Waals surface area contributed by atoms with Crippen LogP contribution in [0.2, 0.25) is 0 Å². The van der Waals surface area contributed by atoms with E-state index in [0.29, 0.717) is 6.61 Å². The van der Waals surface area contributed by atoms with Crippen molar-refractivity contribution in [2.75, 3.05) is 25.6 Å². The van der Waals surface area contributed by atoms with Gasteiger partial charge in [0.05, 0.1) is 18.6 Å². The van der Waals surface area contributed by atoms with Gasteiger partial charge in [-0.25, -0.2) is 0 Å². The third-order valence-corrected chi connectivity index (χ3v) is 3.96. The van der Waals surface area contributed by atoms with E-state index in [1.807, 2.05) is 57.4 Å². The summed E-state index contributed by atoms with van der Waals surface area (Å²) < 4.78 is 5.80. The first-order valence-corrected chi connectivity index (χ1v) is 7.97. The number of nitriles is 1. The Morgan fingerprint density at radius 2 is 1.78 bits per heavy atom. The molecule has 0 radical (unpaired) electrons. The molecule has 1 atom stereocenters. The molecule has 1 unspecified atom stereocenters. The zero-order chi connectivity index (χ0) is 16.7. The van der Waals surface area contributed by atoms with E-state index in [1.165, 1.54) is 0 Å². The van der Waals surface area contributed by atoms with Crippen molar-refractivity contribution in [1.82, 2.24) is 0 Å². The fourth-order valence-corrected chi connectivity index (χ4v) is 2.50. The van der Waals surface area contributed by atoms with Gasteiger partial charge in [0.2, 0.25) is 0 Å². The summed E-state index contributed by atoms with van der Waals surface area (Å²) in [6.45, 7) is 2.68. The molecule has 0 saturated heterocycles. The highest BCUT2D eigenvalue weighted by Gasteiger charge is 2.11. The molecule has 2 aromatic rings. The van der Waals surface area contributed by atoms with E-state index in [1.54, 1.807) is 0 Å². The highest BCUT2D eigenvalue weighted by molar-refractivity contribution is 5.47. The average Bonchev–Trinajstić information content (AvgIpc) is 2.56. The molecule has 2 aromatic carbocycles. The van der Waals surface area contributed by atoms with Crippen molar-refractivity contribution in [1.29, 1.82) is 5.26 Å². The molecule has 0 aliphatic rings. The van der Waals surface area contributed by atoms with Gasteiger partial charge in [0, 0.05) is 19.8 Å². The molecule has 0 aromatic heterocycles. The molecule has 3 nitrogen and oxygen atoms in total. The molecule has 0 amide bonds. The topological polar surface area (TPSA) is 36.3 Å². The zero-order valence-corrected chi connectivity index (χ0v) is 14.1. The summed E-state index contributed by atoms with van der Waals surface area (Å²) in [6, 6.07) is 18.6. The van der Waals surface area contributed by atoms with E-state index >= 15 is 0 Å². The first-order valence-electron chi connectivity index (χ1n) is 7.97. The number of rotatable bonds is 7. The predicted molar refractivity (Wildman–Crippen MR) is 95.0 cm³/mol. The second-order valence-electron chi connectivity index (χ2n) is 5.92.